The highest BCUT2D eigenvalue weighted by molar-refractivity contribution is 9.39. The molecule has 0 unspecified atom stereocenters. The fourth-order valence-electron chi connectivity index (χ4n) is 1.80. The lowest BCUT2D eigenvalue weighted by molar-refractivity contribution is 0.214. The van der Waals surface area contributed by atoms with Gasteiger partial charge >= 0.3 is 6.30 Å². The average Bonchev–Trinajstić information content (AvgIpc) is 2.38. The lowest BCUT2D eigenvalue weighted by Gasteiger charge is -2.12. The normalized spacial score (nSPS) is 11.9. The summed E-state index contributed by atoms with van der Waals surface area (Å²) in [4.78, 5) is 0. The van der Waals surface area contributed by atoms with Gasteiger partial charge in [0.2, 0.25) is 0 Å². The Morgan fingerprint density at radius 3 is 1.47 bits per heavy atom. The van der Waals surface area contributed by atoms with Gasteiger partial charge in [-0.25, -0.2) is 4.57 Å². The summed E-state index contributed by atoms with van der Waals surface area (Å²) >= 11 is 3.06. The molecule has 0 saturated heterocycles. The molecule has 0 amide bonds. The second kappa shape index (κ2) is 13.6. The molecule has 0 fully saturated rings. The highest BCUT2D eigenvalue weighted by Crippen LogP contribution is 2.56. The van der Waals surface area contributed by atoms with E-state index in [1.54, 1.807) is 0 Å². The predicted octanol–water partition coefficient (Wildman–Crippen LogP) is 6.46. The molecule has 0 aromatic rings. The minimum Gasteiger partial charge on any atom is -0.301 e. The summed E-state index contributed by atoms with van der Waals surface area (Å²) in [6.07, 6.45) is 8.64. The molecule has 0 aliphatic rings. The quantitative estimate of drug-likeness (QED) is 0.264. The van der Waals surface area contributed by atoms with E-state index in [0.29, 0.717) is 13.2 Å². The van der Waals surface area contributed by atoms with Crippen LogP contribution in [0.1, 0.15) is 78.1 Å². The van der Waals surface area contributed by atoms with Gasteiger partial charge in [0, 0.05) is 15.5 Å². The zero-order valence-corrected chi connectivity index (χ0v) is 15.0. The second-order valence-electron chi connectivity index (χ2n) is 4.93. The van der Waals surface area contributed by atoms with Crippen LogP contribution in [0.3, 0.4) is 0 Å². The second-order valence-corrected chi connectivity index (χ2v) is 8.91. The van der Waals surface area contributed by atoms with E-state index < -0.39 is 6.30 Å². The van der Waals surface area contributed by atoms with Crippen molar-refractivity contribution in [2.75, 3.05) is 13.2 Å². The van der Waals surface area contributed by atoms with Crippen LogP contribution < -0.4 is 0 Å². The summed E-state index contributed by atoms with van der Waals surface area (Å²) in [5.41, 5.74) is 0. The van der Waals surface area contributed by atoms with Crippen molar-refractivity contribution in [3.05, 3.63) is 0 Å². The lowest BCUT2D eigenvalue weighted by Crippen LogP contribution is -1.95. The van der Waals surface area contributed by atoms with E-state index in [1.807, 2.05) is 0 Å². The molecule has 0 radical (unpaired) electrons. The van der Waals surface area contributed by atoms with Crippen molar-refractivity contribution in [3.8, 4) is 0 Å². The Kier molecular flexibility index (Phi) is 14.1. The van der Waals surface area contributed by atoms with E-state index in [-0.39, 0.29) is 0 Å². The van der Waals surface area contributed by atoms with E-state index in [0.717, 1.165) is 25.7 Å². The zero-order chi connectivity index (χ0) is 14.4. The topological polar surface area (TPSA) is 35.5 Å². The Morgan fingerprint density at radius 2 is 1.11 bits per heavy atom. The maximum Gasteiger partial charge on any atom is 0.396 e. The van der Waals surface area contributed by atoms with Crippen molar-refractivity contribution in [1.29, 1.82) is 0 Å². The van der Waals surface area contributed by atoms with Crippen LogP contribution in [-0.2, 0) is 13.6 Å². The van der Waals surface area contributed by atoms with Crippen LogP contribution in [0.5, 0.6) is 0 Å². The SMILES string of the molecule is CCCCCCCOP(=O)(Br)OCCCCCCC. The Hall–Kier alpha value is 0.630. The van der Waals surface area contributed by atoms with Crippen LogP contribution in [-0.4, -0.2) is 13.2 Å². The first-order chi connectivity index (χ1) is 9.12. The van der Waals surface area contributed by atoms with Crippen molar-refractivity contribution in [1.82, 2.24) is 0 Å². The Bertz CT molecular complexity index is 217. The summed E-state index contributed by atoms with van der Waals surface area (Å²) < 4.78 is 22.4. The van der Waals surface area contributed by atoms with Crippen LogP contribution in [0.4, 0.5) is 0 Å². The molecule has 19 heavy (non-hydrogen) atoms. The third-order valence-corrected chi connectivity index (χ3v) is 5.20. The molecule has 0 aromatic heterocycles. The molecule has 0 atom stereocenters. The van der Waals surface area contributed by atoms with Crippen LogP contribution in [0.25, 0.3) is 0 Å². The average molecular weight is 357 g/mol. The van der Waals surface area contributed by atoms with E-state index in [1.165, 1.54) is 38.5 Å². The first-order valence-electron chi connectivity index (χ1n) is 7.71. The Labute approximate surface area is 127 Å². The molecule has 0 N–H and O–H groups in total. The minimum atomic E-state index is -2.99. The van der Waals surface area contributed by atoms with Gasteiger partial charge < -0.3 is 9.05 Å². The summed E-state index contributed by atoms with van der Waals surface area (Å²) in [5.74, 6) is 0. The van der Waals surface area contributed by atoms with Gasteiger partial charge in [-0.05, 0) is 12.8 Å². The molecule has 0 heterocycles. The van der Waals surface area contributed by atoms with Crippen molar-refractivity contribution in [2.24, 2.45) is 0 Å². The number of rotatable bonds is 14. The molecule has 0 aliphatic carbocycles. The Morgan fingerprint density at radius 1 is 0.737 bits per heavy atom. The van der Waals surface area contributed by atoms with Gasteiger partial charge in [-0.2, -0.15) is 0 Å². The third-order valence-electron chi connectivity index (χ3n) is 2.99. The van der Waals surface area contributed by atoms with Crippen molar-refractivity contribution < 1.29 is 13.6 Å². The van der Waals surface area contributed by atoms with Crippen molar-refractivity contribution in [2.45, 2.75) is 78.1 Å². The first-order valence-corrected chi connectivity index (χ1v) is 11.3. The molecule has 0 rings (SSSR count). The molecule has 0 bridgehead atoms. The van der Waals surface area contributed by atoms with Gasteiger partial charge in [0.15, 0.2) is 0 Å². The minimum absolute atomic E-state index is 0.516. The molecule has 0 saturated carbocycles. The summed E-state index contributed by atoms with van der Waals surface area (Å²) in [6, 6.07) is 0. The smallest absolute Gasteiger partial charge is 0.301 e. The van der Waals surface area contributed by atoms with Gasteiger partial charge in [0.05, 0.1) is 13.2 Å². The molecule has 0 spiro atoms. The van der Waals surface area contributed by atoms with E-state index in [2.05, 4.69) is 29.3 Å². The Balaban J connectivity index is 3.39. The van der Waals surface area contributed by atoms with Gasteiger partial charge in [-0.3, -0.25) is 0 Å². The van der Waals surface area contributed by atoms with E-state index >= 15 is 0 Å². The van der Waals surface area contributed by atoms with Gasteiger partial charge in [-0.15, -0.1) is 0 Å². The molecular formula is C14H30BrO3P. The predicted molar refractivity (Wildman–Crippen MR) is 86.0 cm³/mol. The van der Waals surface area contributed by atoms with E-state index in [9.17, 15) is 4.57 Å². The summed E-state index contributed by atoms with van der Waals surface area (Å²) in [5, 5.41) is 0. The summed E-state index contributed by atoms with van der Waals surface area (Å²) in [6.45, 7) is 5.42. The highest BCUT2D eigenvalue weighted by Gasteiger charge is 2.18. The maximum atomic E-state index is 11.9. The number of unbranched alkanes of at least 4 members (excludes halogenated alkanes) is 8. The number of hydrogen-bond donors (Lipinski definition) is 0. The molecule has 5 heteroatoms. The van der Waals surface area contributed by atoms with Gasteiger partial charge in [-0.1, -0.05) is 65.2 Å². The monoisotopic (exact) mass is 356 g/mol. The van der Waals surface area contributed by atoms with Crippen LogP contribution in [0.2, 0.25) is 0 Å². The molecule has 3 nitrogen and oxygen atoms in total. The largest absolute Gasteiger partial charge is 0.396 e. The fourth-order valence-corrected chi connectivity index (χ4v) is 3.43. The molecular weight excluding hydrogens is 327 g/mol. The molecule has 116 valence electrons. The molecule has 0 aliphatic heterocycles. The standard InChI is InChI=1S/C14H30BrO3P/c1-3-5-7-9-11-13-17-19(15,16)18-14-12-10-8-6-4-2/h3-14H2,1-2H3. The maximum absolute atomic E-state index is 11.9. The van der Waals surface area contributed by atoms with Crippen LogP contribution >= 0.6 is 21.8 Å². The van der Waals surface area contributed by atoms with Crippen molar-refractivity contribution in [3.63, 3.8) is 0 Å². The summed E-state index contributed by atoms with van der Waals surface area (Å²) in [7, 11) is 0. The van der Waals surface area contributed by atoms with Crippen molar-refractivity contribution >= 4 is 21.8 Å². The van der Waals surface area contributed by atoms with Crippen LogP contribution in [0.15, 0.2) is 0 Å². The highest BCUT2D eigenvalue weighted by atomic mass is 79.9. The van der Waals surface area contributed by atoms with Gasteiger partial charge in [0.25, 0.3) is 0 Å². The van der Waals surface area contributed by atoms with Gasteiger partial charge in [0.1, 0.15) is 0 Å². The lowest BCUT2D eigenvalue weighted by atomic mass is 10.2. The zero-order valence-electron chi connectivity index (χ0n) is 12.5. The third kappa shape index (κ3) is 14.8. The first kappa shape index (κ1) is 19.6. The molecule has 0 aromatic carbocycles. The number of hydrogen-bond acceptors (Lipinski definition) is 3. The number of halogens is 1. The van der Waals surface area contributed by atoms with Crippen LogP contribution in [0, 0.1) is 0 Å². The fraction of sp³-hybridized carbons (Fsp3) is 1.00. The van der Waals surface area contributed by atoms with E-state index in [4.69, 9.17) is 9.05 Å².